The summed E-state index contributed by atoms with van der Waals surface area (Å²) in [6, 6.07) is 22.0. The summed E-state index contributed by atoms with van der Waals surface area (Å²) in [5.74, 6) is 1.69. The number of allylic oxidation sites excluding steroid dienone is 8. The number of hydrogen-bond donors (Lipinski definition) is 0. The fourth-order valence-corrected chi connectivity index (χ4v) is 6.15. The minimum atomic E-state index is -0.155. The van der Waals surface area contributed by atoms with Gasteiger partial charge in [0.2, 0.25) is 0 Å². The van der Waals surface area contributed by atoms with Gasteiger partial charge in [0.25, 0.3) is 0 Å². The predicted octanol–water partition coefficient (Wildman–Crippen LogP) is 7.38. The smallest absolute Gasteiger partial charge is 0.130 e. The highest BCUT2D eigenvalue weighted by molar-refractivity contribution is 7.55. The van der Waals surface area contributed by atoms with Crippen molar-refractivity contribution in [3.63, 3.8) is 0 Å². The van der Waals surface area contributed by atoms with Gasteiger partial charge in [0, 0.05) is 10.6 Å². The van der Waals surface area contributed by atoms with E-state index in [4.69, 9.17) is 4.74 Å². The molecule has 36 heavy (non-hydrogen) atoms. The summed E-state index contributed by atoms with van der Waals surface area (Å²) in [7, 11) is 0.195. The molecular weight excluding hydrogens is 462 g/mol. The van der Waals surface area contributed by atoms with Gasteiger partial charge in [-0.2, -0.15) is 0 Å². The molecule has 5 rings (SSSR count). The maximum absolute atomic E-state index is 14.7. The molecule has 1 nitrogen and oxygen atoms in total. The third-order valence-electron chi connectivity index (χ3n) is 6.71. The Balaban J connectivity index is 1.53. The van der Waals surface area contributed by atoms with Crippen molar-refractivity contribution in [2.75, 3.05) is 0 Å². The van der Waals surface area contributed by atoms with E-state index in [1.165, 1.54) is 11.1 Å². The van der Waals surface area contributed by atoms with E-state index in [-0.39, 0.29) is 14.4 Å². The van der Waals surface area contributed by atoms with Crippen LogP contribution in [-0.2, 0) is 19.4 Å². The van der Waals surface area contributed by atoms with Crippen LogP contribution in [0, 0.1) is 17.7 Å². The molecule has 3 unspecified atom stereocenters. The molecule has 0 radical (unpaired) electrons. The second-order valence-electron chi connectivity index (χ2n) is 9.54. The second-order valence-corrected chi connectivity index (χ2v) is 10.9. The first-order chi connectivity index (χ1) is 17.7. The molecule has 3 heteroatoms. The van der Waals surface area contributed by atoms with E-state index in [1.807, 2.05) is 30.3 Å². The van der Waals surface area contributed by atoms with Crippen molar-refractivity contribution < 1.29 is 9.13 Å². The lowest BCUT2D eigenvalue weighted by Gasteiger charge is -2.22. The quantitative estimate of drug-likeness (QED) is 0.282. The van der Waals surface area contributed by atoms with Crippen LogP contribution in [0.3, 0.4) is 0 Å². The Hall–Kier alpha value is -3.22. The Kier molecular flexibility index (Phi) is 8.26. The molecule has 0 fully saturated rings. The lowest BCUT2D eigenvalue weighted by Crippen LogP contribution is -2.16. The summed E-state index contributed by atoms with van der Waals surface area (Å²) in [4.78, 5) is 0. The van der Waals surface area contributed by atoms with Crippen LogP contribution in [0.25, 0.3) is 0 Å². The Morgan fingerprint density at radius 1 is 0.722 bits per heavy atom. The van der Waals surface area contributed by atoms with Crippen LogP contribution < -0.4 is 15.3 Å². The molecule has 0 spiro atoms. The van der Waals surface area contributed by atoms with Crippen LogP contribution in [0.1, 0.15) is 29.5 Å². The van der Waals surface area contributed by atoms with Crippen LogP contribution in [0.15, 0.2) is 115 Å². The van der Waals surface area contributed by atoms with Gasteiger partial charge in [-0.05, 0) is 66.3 Å². The molecule has 0 amide bonds. The van der Waals surface area contributed by atoms with Crippen LogP contribution >= 0.6 is 8.58 Å². The predicted molar refractivity (Wildman–Crippen MR) is 151 cm³/mol. The van der Waals surface area contributed by atoms with Crippen molar-refractivity contribution in [1.82, 2.24) is 0 Å². The molecule has 2 aliphatic rings. The van der Waals surface area contributed by atoms with E-state index >= 15 is 0 Å². The Morgan fingerprint density at radius 2 is 1.42 bits per heavy atom. The fraction of sp³-hybridized carbons (Fsp3) is 0.212. The Labute approximate surface area is 215 Å². The molecule has 0 aromatic heterocycles. The van der Waals surface area contributed by atoms with Gasteiger partial charge in [-0.3, -0.25) is 0 Å². The maximum Gasteiger partial charge on any atom is 0.130 e. The average Bonchev–Trinajstić information content (AvgIpc) is 2.91. The normalized spacial score (nSPS) is 18.8. The number of halogens is 1. The molecule has 182 valence electrons. The topological polar surface area (TPSA) is 9.23 Å². The summed E-state index contributed by atoms with van der Waals surface area (Å²) >= 11 is 0. The van der Waals surface area contributed by atoms with E-state index in [9.17, 15) is 4.39 Å². The van der Waals surface area contributed by atoms with Crippen molar-refractivity contribution in [2.45, 2.75) is 32.3 Å². The Morgan fingerprint density at radius 3 is 2.11 bits per heavy atom. The summed E-state index contributed by atoms with van der Waals surface area (Å²) < 4.78 is 21.3. The largest absolute Gasteiger partial charge is 0.488 e. The van der Waals surface area contributed by atoms with Crippen molar-refractivity contribution in [2.24, 2.45) is 11.8 Å². The van der Waals surface area contributed by atoms with Gasteiger partial charge in [-0.1, -0.05) is 112 Å². The van der Waals surface area contributed by atoms with Gasteiger partial charge >= 0.3 is 0 Å². The standard InChI is InChI=1S/C33H32FOP/c34-30-18-10-11-19-31(30)36-32-23-28(20-25-12-4-1-5-13-25)22-29(21-26-14-6-2-7-15-26)33(32)35-24-27-16-8-3-9-17-27/h1-12,14,16-19,22-23,25-26,36H,13,15,20-21,24H2. The minimum Gasteiger partial charge on any atom is -0.488 e. The number of benzene rings is 3. The van der Waals surface area contributed by atoms with Gasteiger partial charge in [-0.25, -0.2) is 4.39 Å². The van der Waals surface area contributed by atoms with E-state index in [0.29, 0.717) is 18.4 Å². The molecule has 0 bridgehead atoms. The van der Waals surface area contributed by atoms with Crippen LogP contribution in [0.5, 0.6) is 5.75 Å². The summed E-state index contributed by atoms with van der Waals surface area (Å²) in [6.45, 7) is 0.499. The number of rotatable bonds is 9. The summed E-state index contributed by atoms with van der Waals surface area (Å²) in [6.07, 6.45) is 21.6. The molecular formula is C33H32FOP. The van der Waals surface area contributed by atoms with Crippen molar-refractivity contribution in [1.29, 1.82) is 0 Å². The first-order valence-corrected chi connectivity index (χ1v) is 13.8. The summed E-state index contributed by atoms with van der Waals surface area (Å²) in [5, 5.41) is 1.82. The fourth-order valence-electron chi connectivity index (χ4n) is 4.88. The lowest BCUT2D eigenvalue weighted by molar-refractivity contribution is 0.304. The highest BCUT2D eigenvalue weighted by Gasteiger charge is 2.19. The van der Waals surface area contributed by atoms with Crippen molar-refractivity contribution in [3.8, 4) is 5.75 Å². The van der Waals surface area contributed by atoms with Crippen molar-refractivity contribution >= 4 is 19.2 Å². The zero-order chi connectivity index (χ0) is 24.6. The molecule has 0 aliphatic heterocycles. The van der Waals surface area contributed by atoms with Crippen molar-refractivity contribution in [3.05, 3.63) is 138 Å². The van der Waals surface area contributed by atoms with E-state index in [2.05, 4.69) is 72.9 Å². The average molecular weight is 495 g/mol. The Bertz CT molecular complexity index is 1290. The molecule has 0 saturated heterocycles. The monoisotopic (exact) mass is 494 g/mol. The SMILES string of the molecule is Fc1ccccc1Pc1cc(CC2C=CC=CC2)cc(CC2C=CC=CC2)c1OCc1ccccc1. The van der Waals surface area contributed by atoms with Gasteiger partial charge in [0.05, 0.1) is 0 Å². The molecule has 0 heterocycles. The molecule has 2 aliphatic carbocycles. The minimum absolute atomic E-state index is 0.155. The number of ether oxygens (including phenoxy) is 1. The third-order valence-corrected chi connectivity index (χ3v) is 8.03. The second kappa shape index (κ2) is 12.2. The maximum atomic E-state index is 14.7. The first kappa shape index (κ1) is 24.5. The number of hydrogen-bond acceptors (Lipinski definition) is 1. The summed E-state index contributed by atoms with van der Waals surface area (Å²) in [5.41, 5.74) is 3.66. The highest BCUT2D eigenvalue weighted by atomic mass is 31.1. The van der Waals surface area contributed by atoms with E-state index in [0.717, 1.165) is 47.6 Å². The van der Waals surface area contributed by atoms with Gasteiger partial charge in [0.1, 0.15) is 18.2 Å². The molecule has 3 aromatic carbocycles. The molecule has 3 atom stereocenters. The zero-order valence-corrected chi connectivity index (χ0v) is 21.4. The lowest BCUT2D eigenvalue weighted by atomic mass is 9.89. The molecule has 0 N–H and O–H groups in total. The van der Waals surface area contributed by atoms with E-state index in [1.54, 1.807) is 12.1 Å². The van der Waals surface area contributed by atoms with Gasteiger partial charge < -0.3 is 4.74 Å². The zero-order valence-electron chi connectivity index (χ0n) is 20.4. The van der Waals surface area contributed by atoms with Gasteiger partial charge in [-0.15, -0.1) is 0 Å². The van der Waals surface area contributed by atoms with Crippen LogP contribution in [0.2, 0.25) is 0 Å². The first-order valence-electron chi connectivity index (χ1n) is 12.8. The van der Waals surface area contributed by atoms with Gasteiger partial charge in [0.15, 0.2) is 0 Å². The van der Waals surface area contributed by atoms with E-state index < -0.39 is 0 Å². The van der Waals surface area contributed by atoms with Crippen LogP contribution in [0.4, 0.5) is 4.39 Å². The highest BCUT2D eigenvalue weighted by Crippen LogP contribution is 2.32. The molecule has 3 aromatic rings. The van der Waals surface area contributed by atoms with Crippen LogP contribution in [-0.4, -0.2) is 0 Å². The third kappa shape index (κ3) is 6.50. The molecule has 0 saturated carbocycles.